The molecule has 0 saturated carbocycles. The summed E-state index contributed by atoms with van der Waals surface area (Å²) in [5.74, 6) is 0.902. The molecule has 0 aliphatic carbocycles. The standard InChI is InChI=1S/C10H12N2OS/c1-5-6(2)9-8(4-7(5)13-3)14-10(11)12-9/h4H,1-3H3,(H2,11,12). The summed E-state index contributed by atoms with van der Waals surface area (Å²) in [6.45, 7) is 4.07. The number of methoxy groups -OCH3 is 1. The van der Waals surface area contributed by atoms with Crippen molar-refractivity contribution in [2.24, 2.45) is 0 Å². The van der Waals surface area contributed by atoms with Crippen molar-refractivity contribution in [2.75, 3.05) is 12.8 Å². The third kappa shape index (κ3) is 1.23. The van der Waals surface area contributed by atoms with Gasteiger partial charge in [0.15, 0.2) is 5.13 Å². The molecule has 1 heterocycles. The molecule has 0 radical (unpaired) electrons. The summed E-state index contributed by atoms with van der Waals surface area (Å²) in [7, 11) is 1.68. The molecular formula is C10H12N2OS. The number of nitrogens with zero attached hydrogens (tertiary/aromatic N) is 1. The van der Waals surface area contributed by atoms with Gasteiger partial charge in [-0.25, -0.2) is 4.98 Å². The molecule has 0 unspecified atom stereocenters. The molecule has 0 atom stereocenters. The molecule has 0 saturated heterocycles. The van der Waals surface area contributed by atoms with Crippen LogP contribution < -0.4 is 10.5 Å². The lowest BCUT2D eigenvalue weighted by Gasteiger charge is -2.07. The average Bonchev–Trinajstić information content (AvgIpc) is 2.52. The first-order valence-electron chi connectivity index (χ1n) is 4.33. The topological polar surface area (TPSA) is 48.1 Å². The fourth-order valence-electron chi connectivity index (χ4n) is 1.52. The minimum absolute atomic E-state index is 0.607. The normalized spacial score (nSPS) is 10.8. The SMILES string of the molecule is COc1cc2sc(N)nc2c(C)c1C. The van der Waals surface area contributed by atoms with Gasteiger partial charge in [0, 0.05) is 0 Å². The fourth-order valence-corrected chi connectivity index (χ4v) is 2.34. The molecule has 0 bridgehead atoms. The molecule has 0 aliphatic rings. The highest BCUT2D eigenvalue weighted by Gasteiger charge is 2.10. The van der Waals surface area contributed by atoms with E-state index in [0.29, 0.717) is 5.13 Å². The van der Waals surface area contributed by atoms with Gasteiger partial charge in [0.1, 0.15) is 5.75 Å². The Morgan fingerprint density at radius 1 is 1.36 bits per heavy atom. The summed E-state index contributed by atoms with van der Waals surface area (Å²) >= 11 is 1.49. The van der Waals surface area contributed by atoms with Gasteiger partial charge < -0.3 is 10.5 Å². The fraction of sp³-hybridized carbons (Fsp3) is 0.300. The minimum atomic E-state index is 0.607. The van der Waals surface area contributed by atoms with Crippen molar-refractivity contribution in [3.8, 4) is 5.75 Å². The number of aryl methyl sites for hydroxylation is 1. The van der Waals surface area contributed by atoms with Crippen LogP contribution in [0.3, 0.4) is 0 Å². The summed E-state index contributed by atoms with van der Waals surface area (Å²) in [5.41, 5.74) is 8.93. The Hall–Kier alpha value is -1.29. The summed E-state index contributed by atoms with van der Waals surface area (Å²) in [6, 6.07) is 1.99. The number of anilines is 1. The van der Waals surface area contributed by atoms with Crippen molar-refractivity contribution in [1.29, 1.82) is 0 Å². The largest absolute Gasteiger partial charge is 0.496 e. The molecule has 4 heteroatoms. The van der Waals surface area contributed by atoms with Crippen molar-refractivity contribution in [3.05, 3.63) is 17.2 Å². The molecule has 0 aliphatic heterocycles. The number of thiazole rings is 1. The Morgan fingerprint density at radius 2 is 2.07 bits per heavy atom. The van der Waals surface area contributed by atoms with E-state index < -0.39 is 0 Å². The van der Waals surface area contributed by atoms with Crippen LogP contribution in [0.2, 0.25) is 0 Å². The van der Waals surface area contributed by atoms with Gasteiger partial charge in [0.2, 0.25) is 0 Å². The van der Waals surface area contributed by atoms with E-state index in [1.807, 2.05) is 19.9 Å². The van der Waals surface area contributed by atoms with Crippen LogP contribution in [0, 0.1) is 13.8 Å². The van der Waals surface area contributed by atoms with Gasteiger partial charge in [0.05, 0.1) is 17.3 Å². The second kappa shape index (κ2) is 3.13. The molecule has 14 heavy (non-hydrogen) atoms. The van der Waals surface area contributed by atoms with Crippen LogP contribution in [0.15, 0.2) is 6.07 Å². The van der Waals surface area contributed by atoms with Gasteiger partial charge in [0.25, 0.3) is 0 Å². The Kier molecular flexibility index (Phi) is 2.07. The van der Waals surface area contributed by atoms with Gasteiger partial charge in [-0.05, 0) is 31.0 Å². The summed E-state index contributed by atoms with van der Waals surface area (Å²) in [6.07, 6.45) is 0. The molecule has 1 aromatic heterocycles. The third-order valence-corrected chi connectivity index (χ3v) is 3.27. The van der Waals surface area contributed by atoms with E-state index in [0.717, 1.165) is 27.1 Å². The van der Waals surface area contributed by atoms with Gasteiger partial charge in [-0.15, -0.1) is 0 Å². The molecule has 2 aromatic rings. The second-order valence-electron chi connectivity index (χ2n) is 3.23. The predicted molar refractivity (Wildman–Crippen MR) is 60.1 cm³/mol. The monoisotopic (exact) mass is 208 g/mol. The van der Waals surface area contributed by atoms with Crippen LogP contribution in [0.1, 0.15) is 11.1 Å². The average molecular weight is 208 g/mol. The Morgan fingerprint density at radius 3 is 2.71 bits per heavy atom. The molecule has 1 aromatic carbocycles. The van der Waals surface area contributed by atoms with E-state index in [-0.39, 0.29) is 0 Å². The second-order valence-corrected chi connectivity index (χ2v) is 4.29. The van der Waals surface area contributed by atoms with Crippen LogP contribution in [-0.2, 0) is 0 Å². The molecule has 0 fully saturated rings. The van der Waals surface area contributed by atoms with Crippen molar-refractivity contribution in [2.45, 2.75) is 13.8 Å². The van der Waals surface area contributed by atoms with Crippen LogP contribution in [-0.4, -0.2) is 12.1 Å². The Balaban J connectivity index is 2.84. The maximum atomic E-state index is 5.67. The summed E-state index contributed by atoms with van der Waals surface area (Å²) < 4.78 is 6.37. The quantitative estimate of drug-likeness (QED) is 0.783. The number of nitrogens with two attached hydrogens (primary N) is 1. The molecule has 3 nitrogen and oxygen atoms in total. The number of nitrogen functional groups attached to an aromatic ring is 1. The van der Waals surface area contributed by atoms with Crippen LogP contribution in [0.5, 0.6) is 5.75 Å². The predicted octanol–water partition coefficient (Wildman–Crippen LogP) is 2.50. The van der Waals surface area contributed by atoms with E-state index in [1.165, 1.54) is 11.3 Å². The number of aromatic nitrogens is 1. The van der Waals surface area contributed by atoms with Crippen molar-refractivity contribution in [3.63, 3.8) is 0 Å². The van der Waals surface area contributed by atoms with Crippen LogP contribution in [0.4, 0.5) is 5.13 Å². The number of hydrogen-bond donors (Lipinski definition) is 1. The highest BCUT2D eigenvalue weighted by atomic mass is 32.1. The number of fused-ring (bicyclic) bond motifs is 1. The lowest BCUT2D eigenvalue weighted by molar-refractivity contribution is 0.412. The Labute approximate surface area is 86.5 Å². The van der Waals surface area contributed by atoms with Crippen molar-refractivity contribution in [1.82, 2.24) is 4.98 Å². The first kappa shape index (κ1) is 9.27. The van der Waals surface area contributed by atoms with E-state index in [1.54, 1.807) is 7.11 Å². The van der Waals surface area contributed by atoms with E-state index in [2.05, 4.69) is 4.98 Å². The zero-order valence-corrected chi connectivity index (χ0v) is 9.23. The molecule has 2 N–H and O–H groups in total. The maximum Gasteiger partial charge on any atom is 0.181 e. The van der Waals surface area contributed by atoms with Gasteiger partial charge in [-0.1, -0.05) is 11.3 Å². The van der Waals surface area contributed by atoms with E-state index >= 15 is 0 Å². The highest BCUT2D eigenvalue weighted by molar-refractivity contribution is 7.22. The first-order valence-corrected chi connectivity index (χ1v) is 5.15. The van der Waals surface area contributed by atoms with Gasteiger partial charge in [-0.2, -0.15) is 0 Å². The molecule has 2 rings (SSSR count). The zero-order chi connectivity index (χ0) is 10.3. The first-order chi connectivity index (χ1) is 6.63. The lowest BCUT2D eigenvalue weighted by atomic mass is 10.1. The molecule has 0 amide bonds. The van der Waals surface area contributed by atoms with Crippen molar-refractivity contribution >= 4 is 26.7 Å². The van der Waals surface area contributed by atoms with Gasteiger partial charge >= 0.3 is 0 Å². The summed E-state index contributed by atoms with van der Waals surface area (Å²) in [4.78, 5) is 4.29. The molecular weight excluding hydrogens is 196 g/mol. The zero-order valence-electron chi connectivity index (χ0n) is 8.42. The van der Waals surface area contributed by atoms with Crippen LogP contribution in [0.25, 0.3) is 10.2 Å². The van der Waals surface area contributed by atoms with E-state index in [4.69, 9.17) is 10.5 Å². The number of rotatable bonds is 1. The van der Waals surface area contributed by atoms with Crippen molar-refractivity contribution < 1.29 is 4.74 Å². The lowest BCUT2D eigenvalue weighted by Crippen LogP contribution is -1.90. The number of benzene rings is 1. The smallest absolute Gasteiger partial charge is 0.181 e. The molecule has 74 valence electrons. The highest BCUT2D eigenvalue weighted by Crippen LogP contribution is 2.33. The summed E-state index contributed by atoms with van der Waals surface area (Å²) in [5, 5.41) is 0.607. The number of ether oxygens (including phenoxy) is 1. The molecule has 0 spiro atoms. The third-order valence-electron chi connectivity index (χ3n) is 2.44. The van der Waals surface area contributed by atoms with Gasteiger partial charge in [-0.3, -0.25) is 0 Å². The maximum absolute atomic E-state index is 5.67. The van der Waals surface area contributed by atoms with Crippen LogP contribution >= 0.6 is 11.3 Å². The van der Waals surface area contributed by atoms with E-state index in [9.17, 15) is 0 Å². The Bertz CT molecular complexity index is 490. The number of hydrogen-bond acceptors (Lipinski definition) is 4. The minimum Gasteiger partial charge on any atom is -0.496 e.